The van der Waals surface area contributed by atoms with Crippen LogP contribution in [0.1, 0.15) is 15.9 Å². The summed E-state index contributed by atoms with van der Waals surface area (Å²) in [5.74, 6) is 0.532. The second-order valence-corrected chi connectivity index (χ2v) is 4.98. The molecule has 0 saturated heterocycles. The van der Waals surface area contributed by atoms with Gasteiger partial charge in [-0.05, 0) is 47.2 Å². The predicted molar refractivity (Wildman–Crippen MR) is 83.4 cm³/mol. The zero-order chi connectivity index (χ0) is 15.5. The van der Waals surface area contributed by atoms with Gasteiger partial charge in [-0.15, -0.1) is 5.10 Å². The lowest BCUT2D eigenvalue weighted by Gasteiger charge is -2.08. The lowest BCUT2D eigenvalue weighted by Crippen LogP contribution is -2.12. The molecule has 1 N–H and O–H groups in total. The quantitative estimate of drug-likeness (QED) is 0.805. The maximum atomic E-state index is 12.3. The van der Waals surface area contributed by atoms with E-state index in [9.17, 15) is 4.79 Å². The first kappa shape index (κ1) is 13.9. The SMILES string of the molecule is Cc1cc(C(=O)Nc2ccccc2)ccc1-c1nnnn1C. The molecule has 0 bridgehead atoms. The van der Waals surface area contributed by atoms with Gasteiger partial charge in [0.2, 0.25) is 0 Å². The number of benzene rings is 2. The Morgan fingerprint density at radius 2 is 1.91 bits per heavy atom. The van der Waals surface area contributed by atoms with E-state index in [2.05, 4.69) is 20.8 Å². The van der Waals surface area contributed by atoms with E-state index in [1.54, 1.807) is 17.8 Å². The lowest BCUT2D eigenvalue weighted by atomic mass is 10.0. The summed E-state index contributed by atoms with van der Waals surface area (Å²) in [6.07, 6.45) is 0. The van der Waals surface area contributed by atoms with Gasteiger partial charge in [-0.3, -0.25) is 4.79 Å². The smallest absolute Gasteiger partial charge is 0.255 e. The summed E-state index contributed by atoms with van der Waals surface area (Å²) in [5.41, 5.74) is 3.22. The number of nitrogens with one attached hydrogen (secondary N) is 1. The Kier molecular flexibility index (Phi) is 3.65. The fourth-order valence-electron chi connectivity index (χ4n) is 2.24. The fraction of sp³-hybridized carbons (Fsp3) is 0.125. The van der Waals surface area contributed by atoms with Crippen molar-refractivity contribution in [2.45, 2.75) is 6.92 Å². The first-order valence-corrected chi connectivity index (χ1v) is 6.85. The van der Waals surface area contributed by atoms with Gasteiger partial charge in [-0.1, -0.05) is 24.3 Å². The summed E-state index contributed by atoms with van der Waals surface area (Å²) in [5, 5.41) is 14.3. The summed E-state index contributed by atoms with van der Waals surface area (Å²) in [6, 6.07) is 14.8. The molecular formula is C16H15N5O. The van der Waals surface area contributed by atoms with E-state index in [4.69, 9.17) is 0 Å². The van der Waals surface area contributed by atoms with Crippen molar-refractivity contribution in [1.29, 1.82) is 0 Å². The molecule has 2 aromatic carbocycles. The summed E-state index contributed by atoms with van der Waals surface area (Å²) in [7, 11) is 1.78. The number of carbonyl (C=O) groups is 1. The number of aromatic nitrogens is 4. The molecular weight excluding hydrogens is 278 g/mol. The van der Waals surface area contributed by atoms with E-state index in [0.29, 0.717) is 11.4 Å². The standard InChI is InChI=1S/C16H15N5O/c1-11-10-12(16(22)17-13-6-4-3-5-7-13)8-9-14(11)15-18-19-20-21(15)2/h3-10H,1-2H3,(H,17,22). The minimum Gasteiger partial charge on any atom is -0.322 e. The highest BCUT2D eigenvalue weighted by Gasteiger charge is 2.12. The summed E-state index contributed by atoms with van der Waals surface area (Å²) >= 11 is 0. The topological polar surface area (TPSA) is 72.7 Å². The van der Waals surface area contributed by atoms with Crippen LogP contribution in [0.3, 0.4) is 0 Å². The van der Waals surface area contributed by atoms with Gasteiger partial charge in [0.05, 0.1) is 0 Å². The number of nitrogens with zero attached hydrogens (tertiary/aromatic N) is 4. The first-order valence-electron chi connectivity index (χ1n) is 6.85. The van der Waals surface area contributed by atoms with E-state index < -0.39 is 0 Å². The van der Waals surface area contributed by atoms with Crippen LogP contribution in [0.5, 0.6) is 0 Å². The summed E-state index contributed by atoms with van der Waals surface area (Å²) in [4.78, 5) is 12.3. The Morgan fingerprint density at radius 1 is 1.14 bits per heavy atom. The maximum Gasteiger partial charge on any atom is 0.255 e. The molecule has 3 rings (SSSR count). The van der Waals surface area contributed by atoms with Gasteiger partial charge < -0.3 is 5.32 Å². The number of hydrogen-bond donors (Lipinski definition) is 1. The van der Waals surface area contributed by atoms with Gasteiger partial charge in [-0.2, -0.15) is 0 Å². The second-order valence-electron chi connectivity index (χ2n) is 4.98. The first-order chi connectivity index (χ1) is 10.6. The molecule has 1 aromatic heterocycles. The predicted octanol–water partition coefficient (Wildman–Crippen LogP) is 2.44. The minimum atomic E-state index is -0.142. The molecule has 1 amide bonds. The highest BCUT2D eigenvalue weighted by Crippen LogP contribution is 2.21. The average molecular weight is 293 g/mol. The van der Waals surface area contributed by atoms with Crippen molar-refractivity contribution in [1.82, 2.24) is 20.2 Å². The molecule has 0 aliphatic carbocycles. The number of amides is 1. The van der Waals surface area contributed by atoms with Crippen LogP contribution in [0.2, 0.25) is 0 Å². The molecule has 3 aromatic rings. The van der Waals surface area contributed by atoms with Crippen LogP contribution in [-0.2, 0) is 7.05 Å². The molecule has 1 heterocycles. The molecule has 0 unspecified atom stereocenters. The van der Waals surface area contributed by atoms with Crippen LogP contribution in [0.25, 0.3) is 11.4 Å². The van der Waals surface area contributed by atoms with E-state index in [1.807, 2.05) is 49.4 Å². The molecule has 0 saturated carbocycles. The number of tetrazole rings is 1. The van der Waals surface area contributed by atoms with Crippen LogP contribution >= 0.6 is 0 Å². The number of anilines is 1. The molecule has 0 aliphatic rings. The molecule has 0 spiro atoms. The second kappa shape index (κ2) is 5.77. The van der Waals surface area contributed by atoms with Gasteiger partial charge in [0.1, 0.15) is 0 Å². The van der Waals surface area contributed by atoms with Gasteiger partial charge >= 0.3 is 0 Å². The maximum absolute atomic E-state index is 12.3. The normalized spacial score (nSPS) is 10.5. The van der Waals surface area contributed by atoms with Crippen molar-refractivity contribution in [2.24, 2.45) is 7.05 Å². The zero-order valence-corrected chi connectivity index (χ0v) is 12.3. The van der Waals surface area contributed by atoms with Crippen molar-refractivity contribution in [3.05, 3.63) is 59.7 Å². The number of para-hydroxylation sites is 1. The highest BCUT2D eigenvalue weighted by molar-refractivity contribution is 6.04. The third-order valence-corrected chi connectivity index (χ3v) is 3.38. The Balaban J connectivity index is 1.86. The van der Waals surface area contributed by atoms with Crippen molar-refractivity contribution in [2.75, 3.05) is 5.32 Å². The van der Waals surface area contributed by atoms with Crippen LogP contribution < -0.4 is 5.32 Å². The third kappa shape index (κ3) is 2.71. The van der Waals surface area contributed by atoms with Crippen molar-refractivity contribution in [3.63, 3.8) is 0 Å². The van der Waals surface area contributed by atoms with Gasteiger partial charge in [0, 0.05) is 23.9 Å². The molecule has 0 aliphatic heterocycles. The molecule has 110 valence electrons. The minimum absolute atomic E-state index is 0.142. The van der Waals surface area contributed by atoms with Gasteiger partial charge in [0.25, 0.3) is 5.91 Å². The Bertz CT molecular complexity index is 810. The fourth-order valence-corrected chi connectivity index (χ4v) is 2.24. The van der Waals surface area contributed by atoms with Crippen LogP contribution in [0, 0.1) is 6.92 Å². The highest BCUT2D eigenvalue weighted by atomic mass is 16.1. The average Bonchev–Trinajstić information content (AvgIpc) is 2.94. The number of hydrogen-bond acceptors (Lipinski definition) is 4. The summed E-state index contributed by atoms with van der Waals surface area (Å²) in [6.45, 7) is 1.93. The van der Waals surface area contributed by atoms with Crippen molar-refractivity contribution in [3.8, 4) is 11.4 Å². The Labute approximate surface area is 127 Å². The molecule has 0 fully saturated rings. The van der Waals surface area contributed by atoms with Gasteiger partial charge in [0.15, 0.2) is 5.82 Å². The van der Waals surface area contributed by atoms with Crippen LogP contribution in [-0.4, -0.2) is 26.1 Å². The van der Waals surface area contributed by atoms with Crippen LogP contribution in [0.15, 0.2) is 48.5 Å². The van der Waals surface area contributed by atoms with Crippen molar-refractivity contribution < 1.29 is 4.79 Å². The van der Waals surface area contributed by atoms with E-state index >= 15 is 0 Å². The molecule has 0 radical (unpaired) electrons. The molecule has 22 heavy (non-hydrogen) atoms. The van der Waals surface area contributed by atoms with Crippen molar-refractivity contribution >= 4 is 11.6 Å². The molecule has 0 atom stereocenters. The molecule has 6 heteroatoms. The van der Waals surface area contributed by atoms with Gasteiger partial charge in [-0.25, -0.2) is 4.68 Å². The third-order valence-electron chi connectivity index (χ3n) is 3.38. The zero-order valence-electron chi connectivity index (χ0n) is 12.3. The Morgan fingerprint density at radius 3 is 2.55 bits per heavy atom. The number of aryl methyl sites for hydroxylation is 2. The monoisotopic (exact) mass is 293 g/mol. The summed E-state index contributed by atoms with van der Waals surface area (Å²) < 4.78 is 1.60. The number of rotatable bonds is 3. The lowest BCUT2D eigenvalue weighted by molar-refractivity contribution is 0.102. The van der Waals surface area contributed by atoms with E-state index in [1.165, 1.54) is 0 Å². The largest absolute Gasteiger partial charge is 0.322 e. The van der Waals surface area contributed by atoms with Crippen LogP contribution in [0.4, 0.5) is 5.69 Å². The number of carbonyl (C=O) groups excluding carboxylic acids is 1. The Hall–Kier alpha value is -3.02. The van der Waals surface area contributed by atoms with E-state index in [0.717, 1.165) is 16.8 Å². The molecule has 6 nitrogen and oxygen atoms in total. The van der Waals surface area contributed by atoms with E-state index in [-0.39, 0.29) is 5.91 Å².